The summed E-state index contributed by atoms with van der Waals surface area (Å²) < 4.78 is 0. The van der Waals surface area contributed by atoms with Crippen LogP contribution in [0.1, 0.15) is 34.1 Å². The lowest BCUT2D eigenvalue weighted by Crippen LogP contribution is -2.12. The van der Waals surface area contributed by atoms with Crippen LogP contribution in [0.3, 0.4) is 0 Å². The first-order valence-electron chi connectivity index (χ1n) is 6.90. The fourth-order valence-electron chi connectivity index (χ4n) is 1.81. The van der Waals surface area contributed by atoms with Gasteiger partial charge in [-0.15, -0.1) is 0 Å². The van der Waals surface area contributed by atoms with Crippen molar-refractivity contribution in [1.29, 1.82) is 0 Å². The van der Waals surface area contributed by atoms with Crippen molar-refractivity contribution < 1.29 is 4.79 Å². The normalized spacial score (nSPS) is 10.4. The van der Waals surface area contributed by atoms with E-state index < -0.39 is 0 Å². The number of amides is 1. The van der Waals surface area contributed by atoms with Crippen LogP contribution in [0.5, 0.6) is 0 Å². The number of anilines is 3. The first-order chi connectivity index (χ1) is 10.0. The van der Waals surface area contributed by atoms with Gasteiger partial charge in [0.25, 0.3) is 5.91 Å². The van der Waals surface area contributed by atoms with Gasteiger partial charge in [0.05, 0.1) is 0 Å². The molecule has 1 heterocycles. The standard InChI is InChI=1S/C15H20N4OS/c1-4-7-17-15-19-13(16)12(21-15)14(20)18-11-6-5-9(2)10(3)8-11/h5-6,8H,4,7,16H2,1-3H3,(H,17,19)(H,18,20). The Kier molecular flexibility index (Phi) is 4.80. The first kappa shape index (κ1) is 15.3. The van der Waals surface area contributed by atoms with Crippen LogP contribution in [-0.2, 0) is 0 Å². The minimum atomic E-state index is -0.224. The SMILES string of the molecule is CCCNc1nc(N)c(C(=O)Nc2ccc(C)c(C)c2)s1. The third-order valence-corrected chi connectivity index (χ3v) is 4.18. The van der Waals surface area contributed by atoms with Crippen molar-refractivity contribution in [3.8, 4) is 0 Å². The number of benzene rings is 1. The zero-order valence-corrected chi connectivity index (χ0v) is 13.3. The molecule has 21 heavy (non-hydrogen) atoms. The van der Waals surface area contributed by atoms with Crippen molar-refractivity contribution >= 4 is 33.9 Å². The molecule has 0 atom stereocenters. The Labute approximate surface area is 128 Å². The molecule has 2 aromatic rings. The molecule has 0 radical (unpaired) electrons. The molecule has 0 saturated heterocycles. The van der Waals surface area contributed by atoms with Crippen molar-refractivity contribution in [2.75, 3.05) is 22.9 Å². The summed E-state index contributed by atoms with van der Waals surface area (Å²) in [6.45, 7) is 6.93. The minimum absolute atomic E-state index is 0.224. The van der Waals surface area contributed by atoms with Gasteiger partial charge < -0.3 is 16.4 Å². The number of hydrogen-bond acceptors (Lipinski definition) is 5. The molecule has 0 fully saturated rings. The third-order valence-electron chi connectivity index (χ3n) is 3.15. The fourth-order valence-corrected chi connectivity index (χ4v) is 2.61. The third kappa shape index (κ3) is 3.72. The van der Waals surface area contributed by atoms with Gasteiger partial charge in [-0.2, -0.15) is 0 Å². The Balaban J connectivity index is 2.12. The molecule has 0 saturated carbocycles. The molecule has 0 bridgehead atoms. The second-order valence-corrected chi connectivity index (χ2v) is 5.91. The summed E-state index contributed by atoms with van der Waals surface area (Å²) in [5.74, 6) is 0.0396. The molecule has 1 aromatic carbocycles. The molecule has 5 nitrogen and oxygen atoms in total. The zero-order valence-electron chi connectivity index (χ0n) is 12.5. The van der Waals surface area contributed by atoms with E-state index in [0.29, 0.717) is 10.0 Å². The van der Waals surface area contributed by atoms with Gasteiger partial charge in [0.1, 0.15) is 10.7 Å². The second kappa shape index (κ2) is 6.58. The van der Waals surface area contributed by atoms with Crippen molar-refractivity contribution in [1.82, 2.24) is 4.98 Å². The average Bonchev–Trinajstić information content (AvgIpc) is 2.82. The Morgan fingerprint density at radius 3 is 2.76 bits per heavy atom. The Morgan fingerprint density at radius 1 is 1.33 bits per heavy atom. The van der Waals surface area contributed by atoms with Crippen LogP contribution in [0.15, 0.2) is 18.2 Å². The highest BCUT2D eigenvalue weighted by Gasteiger charge is 2.16. The highest BCUT2D eigenvalue weighted by Crippen LogP contribution is 2.26. The van der Waals surface area contributed by atoms with Crippen molar-refractivity contribution in [3.63, 3.8) is 0 Å². The lowest BCUT2D eigenvalue weighted by molar-refractivity contribution is 0.103. The molecule has 0 spiro atoms. The maximum atomic E-state index is 12.3. The molecule has 2 rings (SSSR count). The maximum absolute atomic E-state index is 12.3. The predicted molar refractivity (Wildman–Crippen MR) is 89.2 cm³/mol. The molecular formula is C15H20N4OS. The van der Waals surface area contributed by atoms with Gasteiger partial charge in [-0.3, -0.25) is 4.79 Å². The Bertz CT molecular complexity index is 651. The number of nitrogens with zero attached hydrogens (tertiary/aromatic N) is 1. The molecule has 112 valence electrons. The Morgan fingerprint density at radius 2 is 2.10 bits per heavy atom. The lowest BCUT2D eigenvalue weighted by Gasteiger charge is -2.06. The summed E-state index contributed by atoms with van der Waals surface area (Å²) in [6.07, 6.45) is 0.990. The highest BCUT2D eigenvalue weighted by atomic mass is 32.1. The van der Waals surface area contributed by atoms with Gasteiger partial charge in [0, 0.05) is 12.2 Å². The van der Waals surface area contributed by atoms with Gasteiger partial charge in [-0.1, -0.05) is 24.3 Å². The number of nitrogens with two attached hydrogens (primary N) is 1. The van der Waals surface area contributed by atoms with E-state index in [0.717, 1.165) is 24.2 Å². The summed E-state index contributed by atoms with van der Waals surface area (Å²) >= 11 is 1.27. The van der Waals surface area contributed by atoms with Crippen LogP contribution in [0.2, 0.25) is 0 Å². The highest BCUT2D eigenvalue weighted by molar-refractivity contribution is 7.18. The van der Waals surface area contributed by atoms with Gasteiger partial charge in [0.15, 0.2) is 5.13 Å². The number of carbonyl (C=O) groups excluding carboxylic acids is 1. The number of thiazole rings is 1. The van der Waals surface area contributed by atoms with Crippen LogP contribution in [-0.4, -0.2) is 17.4 Å². The monoisotopic (exact) mass is 304 g/mol. The van der Waals surface area contributed by atoms with Gasteiger partial charge in [0.2, 0.25) is 0 Å². The topological polar surface area (TPSA) is 80.0 Å². The van der Waals surface area contributed by atoms with E-state index in [1.54, 1.807) is 0 Å². The van der Waals surface area contributed by atoms with Gasteiger partial charge in [-0.25, -0.2) is 4.98 Å². The molecule has 4 N–H and O–H groups in total. The number of nitrogens with one attached hydrogen (secondary N) is 2. The average molecular weight is 304 g/mol. The number of rotatable bonds is 5. The van der Waals surface area contributed by atoms with Gasteiger partial charge in [-0.05, 0) is 43.5 Å². The van der Waals surface area contributed by atoms with Crippen molar-refractivity contribution in [2.24, 2.45) is 0 Å². The molecule has 0 aliphatic rings. The molecule has 1 aromatic heterocycles. The minimum Gasteiger partial charge on any atom is -0.382 e. The lowest BCUT2D eigenvalue weighted by atomic mass is 10.1. The molecule has 0 unspecified atom stereocenters. The van der Waals surface area contributed by atoms with E-state index in [1.165, 1.54) is 16.9 Å². The fraction of sp³-hybridized carbons (Fsp3) is 0.333. The number of aromatic nitrogens is 1. The van der Waals surface area contributed by atoms with Crippen molar-refractivity contribution in [2.45, 2.75) is 27.2 Å². The second-order valence-electron chi connectivity index (χ2n) is 4.91. The Hall–Kier alpha value is -2.08. The summed E-state index contributed by atoms with van der Waals surface area (Å²) in [5, 5.41) is 6.68. The number of aryl methyl sites for hydroxylation is 2. The molecule has 0 aliphatic carbocycles. The summed E-state index contributed by atoms with van der Waals surface area (Å²) in [6, 6.07) is 5.81. The van der Waals surface area contributed by atoms with Crippen LogP contribution in [0, 0.1) is 13.8 Å². The van der Waals surface area contributed by atoms with Crippen molar-refractivity contribution in [3.05, 3.63) is 34.2 Å². The van der Waals surface area contributed by atoms with Crippen LogP contribution >= 0.6 is 11.3 Å². The molecular weight excluding hydrogens is 284 g/mol. The largest absolute Gasteiger partial charge is 0.382 e. The first-order valence-corrected chi connectivity index (χ1v) is 7.71. The number of carbonyl (C=O) groups is 1. The number of hydrogen-bond donors (Lipinski definition) is 3. The zero-order chi connectivity index (χ0) is 15.4. The number of nitrogen functional groups attached to an aromatic ring is 1. The summed E-state index contributed by atoms with van der Waals surface area (Å²) in [5.41, 5.74) is 8.91. The molecule has 0 aliphatic heterocycles. The molecule has 6 heteroatoms. The van der Waals surface area contributed by atoms with E-state index in [2.05, 4.69) is 22.5 Å². The maximum Gasteiger partial charge on any atom is 0.269 e. The van der Waals surface area contributed by atoms with Crippen LogP contribution in [0.4, 0.5) is 16.6 Å². The summed E-state index contributed by atoms with van der Waals surface area (Å²) in [4.78, 5) is 16.9. The smallest absolute Gasteiger partial charge is 0.269 e. The predicted octanol–water partition coefficient (Wildman–Crippen LogP) is 3.42. The molecule has 1 amide bonds. The van der Waals surface area contributed by atoms with E-state index in [9.17, 15) is 4.79 Å². The summed E-state index contributed by atoms with van der Waals surface area (Å²) in [7, 11) is 0. The van der Waals surface area contributed by atoms with E-state index in [1.807, 2.05) is 32.0 Å². The van der Waals surface area contributed by atoms with Crippen LogP contribution in [0.25, 0.3) is 0 Å². The van der Waals surface area contributed by atoms with Crippen LogP contribution < -0.4 is 16.4 Å². The van der Waals surface area contributed by atoms with Gasteiger partial charge >= 0.3 is 0 Å². The van der Waals surface area contributed by atoms with E-state index in [-0.39, 0.29) is 11.7 Å². The van der Waals surface area contributed by atoms with E-state index in [4.69, 9.17) is 5.73 Å². The quantitative estimate of drug-likeness (QED) is 0.790. The van der Waals surface area contributed by atoms with E-state index >= 15 is 0 Å².